The summed E-state index contributed by atoms with van der Waals surface area (Å²) in [5.41, 5.74) is 0. The maximum Gasteiger partial charge on any atom is 0.192 e. The van der Waals surface area contributed by atoms with E-state index in [2.05, 4.69) is 22.6 Å². The summed E-state index contributed by atoms with van der Waals surface area (Å²) in [6.45, 7) is 0. The van der Waals surface area contributed by atoms with E-state index in [1.54, 1.807) is 18.7 Å². The largest absolute Gasteiger partial charge is 0.351 e. The van der Waals surface area contributed by atoms with Crippen molar-refractivity contribution in [3.05, 3.63) is 41.9 Å². The van der Waals surface area contributed by atoms with Crippen molar-refractivity contribution in [2.75, 3.05) is 0 Å². The van der Waals surface area contributed by atoms with Crippen LogP contribution < -0.4 is 0 Å². The summed E-state index contributed by atoms with van der Waals surface area (Å²) >= 11 is 3.76. The van der Waals surface area contributed by atoms with Crippen LogP contribution in [0.25, 0.3) is 0 Å². The van der Waals surface area contributed by atoms with E-state index in [9.17, 15) is 9.59 Å². The summed E-state index contributed by atoms with van der Waals surface area (Å²) in [7, 11) is 0. The Morgan fingerprint density at radius 1 is 1.29 bits per heavy atom. The lowest BCUT2D eigenvalue weighted by Gasteiger charge is -1.95. The van der Waals surface area contributed by atoms with Gasteiger partial charge in [-0.2, -0.15) is 0 Å². The average Bonchev–Trinajstić information content (AvgIpc) is 2.69. The first-order valence-corrected chi connectivity index (χ1v) is 4.24. The van der Waals surface area contributed by atoms with E-state index in [0.29, 0.717) is 0 Å². The molecule has 1 aromatic heterocycles. The molecule has 1 aromatic rings. The SMILES string of the molecule is O=C1C=CC(=O)C(S)=C1.c1c[nH]cn1. The van der Waals surface area contributed by atoms with Crippen molar-refractivity contribution in [1.82, 2.24) is 9.97 Å². The van der Waals surface area contributed by atoms with Crippen LogP contribution in [-0.4, -0.2) is 21.5 Å². The smallest absolute Gasteiger partial charge is 0.192 e. The number of H-pyrrole nitrogens is 1. The summed E-state index contributed by atoms with van der Waals surface area (Å²) in [4.78, 5) is 27.6. The third kappa shape index (κ3) is 3.40. The number of carbonyl (C=O) groups excluding carboxylic acids is 2. The number of aromatic nitrogens is 2. The second kappa shape index (κ2) is 5.18. The van der Waals surface area contributed by atoms with Crippen LogP contribution in [0.1, 0.15) is 0 Å². The van der Waals surface area contributed by atoms with Crippen LogP contribution in [0.3, 0.4) is 0 Å². The molecule has 0 amide bonds. The molecule has 1 N–H and O–H groups in total. The van der Waals surface area contributed by atoms with Crippen molar-refractivity contribution in [1.29, 1.82) is 0 Å². The minimum atomic E-state index is -0.210. The van der Waals surface area contributed by atoms with E-state index in [1.807, 2.05) is 0 Å². The molecule has 0 fully saturated rings. The Hall–Kier alpha value is -1.62. The van der Waals surface area contributed by atoms with Gasteiger partial charge in [-0.25, -0.2) is 4.98 Å². The molecule has 1 heterocycles. The van der Waals surface area contributed by atoms with Gasteiger partial charge in [-0.05, 0) is 12.2 Å². The van der Waals surface area contributed by atoms with Crippen LogP contribution in [0.4, 0.5) is 0 Å². The van der Waals surface area contributed by atoms with E-state index in [0.717, 1.165) is 0 Å². The number of hydrogen-bond donors (Lipinski definition) is 2. The zero-order valence-corrected chi connectivity index (χ0v) is 8.07. The Morgan fingerprint density at radius 2 is 2.07 bits per heavy atom. The maximum atomic E-state index is 10.6. The fourth-order valence-electron chi connectivity index (χ4n) is 0.712. The highest BCUT2D eigenvalue weighted by molar-refractivity contribution is 7.85. The van der Waals surface area contributed by atoms with Gasteiger partial charge >= 0.3 is 0 Å². The van der Waals surface area contributed by atoms with Crippen molar-refractivity contribution >= 4 is 24.2 Å². The summed E-state index contributed by atoms with van der Waals surface area (Å²) in [6, 6.07) is 0. The van der Waals surface area contributed by atoms with Crippen molar-refractivity contribution in [2.24, 2.45) is 0 Å². The van der Waals surface area contributed by atoms with Gasteiger partial charge < -0.3 is 4.98 Å². The van der Waals surface area contributed by atoms with E-state index >= 15 is 0 Å². The average molecular weight is 208 g/mol. The Balaban J connectivity index is 0.000000165. The van der Waals surface area contributed by atoms with Crippen LogP contribution in [0.2, 0.25) is 0 Å². The summed E-state index contributed by atoms with van der Waals surface area (Å²) in [5.74, 6) is -0.391. The molecule has 1 aliphatic carbocycles. The molecule has 5 heteroatoms. The van der Waals surface area contributed by atoms with E-state index in [1.165, 1.54) is 18.2 Å². The van der Waals surface area contributed by atoms with Crippen LogP contribution in [0, 0.1) is 0 Å². The monoisotopic (exact) mass is 208 g/mol. The minimum Gasteiger partial charge on any atom is -0.351 e. The van der Waals surface area contributed by atoms with Crippen LogP contribution in [0.5, 0.6) is 0 Å². The fourth-order valence-corrected chi connectivity index (χ4v) is 0.914. The van der Waals surface area contributed by atoms with Gasteiger partial charge in [-0.1, -0.05) is 0 Å². The van der Waals surface area contributed by atoms with Crippen molar-refractivity contribution in [3.63, 3.8) is 0 Å². The number of allylic oxidation sites excluding steroid dienone is 4. The number of rotatable bonds is 0. The molecular weight excluding hydrogens is 200 g/mol. The molecule has 0 unspecified atom stereocenters. The van der Waals surface area contributed by atoms with Gasteiger partial charge in [0.05, 0.1) is 11.2 Å². The quantitative estimate of drug-likeness (QED) is 0.492. The topological polar surface area (TPSA) is 62.8 Å². The lowest BCUT2D eigenvalue weighted by molar-refractivity contribution is -0.114. The first-order valence-electron chi connectivity index (χ1n) is 3.80. The minimum absolute atomic E-state index is 0.181. The molecule has 0 atom stereocenters. The predicted octanol–water partition coefficient (Wildman–Crippen LogP) is 0.918. The third-order valence-corrected chi connectivity index (χ3v) is 1.69. The molecule has 4 nitrogen and oxygen atoms in total. The second-order valence-electron chi connectivity index (χ2n) is 2.39. The zero-order chi connectivity index (χ0) is 10.4. The van der Waals surface area contributed by atoms with E-state index in [4.69, 9.17) is 0 Å². The summed E-state index contributed by atoms with van der Waals surface area (Å²) < 4.78 is 0. The molecule has 0 saturated carbocycles. The molecule has 1 aliphatic rings. The Labute approximate surface area is 86.1 Å². The maximum absolute atomic E-state index is 10.6. The first-order chi connectivity index (χ1) is 6.70. The van der Waals surface area contributed by atoms with Gasteiger partial charge in [0.25, 0.3) is 0 Å². The number of nitrogens with zero attached hydrogens (tertiary/aromatic N) is 1. The van der Waals surface area contributed by atoms with Crippen LogP contribution in [0.15, 0.2) is 41.9 Å². The lowest BCUT2D eigenvalue weighted by atomic mass is 10.2. The standard InChI is InChI=1S/C6H4O2S.C3H4N2/c7-4-1-2-5(8)6(9)3-4;1-2-5-3-4-1/h1-3,9H;1-3H,(H,4,5). The van der Waals surface area contributed by atoms with E-state index < -0.39 is 0 Å². The zero-order valence-electron chi connectivity index (χ0n) is 7.18. The number of aromatic amines is 1. The van der Waals surface area contributed by atoms with Crippen LogP contribution >= 0.6 is 12.6 Å². The fraction of sp³-hybridized carbons (Fsp3) is 0. The molecule has 0 aromatic carbocycles. The first kappa shape index (κ1) is 10.5. The molecule has 2 rings (SSSR count). The number of carbonyl (C=O) groups is 2. The van der Waals surface area contributed by atoms with Crippen LogP contribution in [-0.2, 0) is 9.59 Å². The number of thiol groups is 1. The number of ketones is 2. The summed E-state index contributed by atoms with van der Waals surface area (Å²) in [6.07, 6.45) is 8.72. The van der Waals surface area contributed by atoms with Gasteiger partial charge in [0.15, 0.2) is 11.6 Å². The van der Waals surface area contributed by atoms with Gasteiger partial charge in [0.2, 0.25) is 0 Å². The molecule has 0 spiro atoms. The predicted molar refractivity (Wildman–Crippen MR) is 54.8 cm³/mol. The Bertz CT molecular complexity index is 362. The molecule has 0 bridgehead atoms. The number of hydrogen-bond acceptors (Lipinski definition) is 4. The Kier molecular flexibility index (Phi) is 3.87. The van der Waals surface area contributed by atoms with Gasteiger partial charge in [-0.3, -0.25) is 9.59 Å². The summed E-state index contributed by atoms with van der Waals surface area (Å²) in [5, 5.41) is 0. The molecule has 0 radical (unpaired) electrons. The molecular formula is C9H8N2O2S. The van der Waals surface area contributed by atoms with Crippen molar-refractivity contribution in [2.45, 2.75) is 0 Å². The van der Waals surface area contributed by atoms with E-state index in [-0.39, 0.29) is 16.5 Å². The highest BCUT2D eigenvalue weighted by atomic mass is 32.1. The third-order valence-electron chi connectivity index (χ3n) is 1.34. The van der Waals surface area contributed by atoms with Crippen molar-refractivity contribution < 1.29 is 9.59 Å². The van der Waals surface area contributed by atoms with Gasteiger partial charge in [-0.15, -0.1) is 12.6 Å². The highest BCUT2D eigenvalue weighted by Crippen LogP contribution is 2.07. The highest BCUT2D eigenvalue weighted by Gasteiger charge is 2.07. The lowest BCUT2D eigenvalue weighted by Crippen LogP contribution is -2.02. The van der Waals surface area contributed by atoms with Gasteiger partial charge in [0.1, 0.15) is 0 Å². The molecule has 0 saturated heterocycles. The Morgan fingerprint density at radius 3 is 2.43 bits per heavy atom. The number of imidazole rings is 1. The molecule has 72 valence electrons. The second-order valence-corrected chi connectivity index (χ2v) is 2.87. The van der Waals surface area contributed by atoms with Gasteiger partial charge in [0, 0.05) is 18.5 Å². The number of nitrogens with one attached hydrogen (secondary N) is 1. The van der Waals surface area contributed by atoms with Crippen molar-refractivity contribution in [3.8, 4) is 0 Å². The molecule has 14 heavy (non-hydrogen) atoms. The molecule has 0 aliphatic heterocycles. The normalized spacial score (nSPS) is 14.5.